The Morgan fingerprint density at radius 2 is 1.81 bits per heavy atom. The predicted molar refractivity (Wildman–Crippen MR) is 51.7 cm³/mol. The van der Waals surface area contributed by atoms with Crippen molar-refractivity contribution >= 4 is 22.1 Å². The standard InChI is InChI=1S/C6H11F2NO5S2/c7-6(8,15-14-13-10)16(11,12)9-4-2-1-3-5-9/h10H,1-5H2. The summed E-state index contributed by atoms with van der Waals surface area (Å²) in [5.74, 6) is 0. The van der Waals surface area contributed by atoms with Crippen LogP contribution in [0.3, 0.4) is 0 Å². The molecule has 0 aromatic carbocycles. The molecule has 0 saturated carbocycles. The Kier molecular flexibility index (Phi) is 4.88. The molecule has 0 aromatic rings. The molecule has 1 aliphatic rings. The Hall–Kier alpha value is -0.0000000000000000971. The lowest BCUT2D eigenvalue weighted by Crippen LogP contribution is -2.43. The molecule has 0 atom stereocenters. The van der Waals surface area contributed by atoms with E-state index in [2.05, 4.69) is 9.37 Å². The number of nitrogens with zero attached hydrogens (tertiary/aromatic N) is 1. The minimum absolute atomic E-state index is 0.0679. The van der Waals surface area contributed by atoms with Crippen LogP contribution >= 0.6 is 12.0 Å². The van der Waals surface area contributed by atoms with Crippen LogP contribution < -0.4 is 0 Å². The number of alkyl halides is 2. The van der Waals surface area contributed by atoms with Crippen LogP contribution in [0.2, 0.25) is 0 Å². The summed E-state index contributed by atoms with van der Waals surface area (Å²) >= 11 is -0.756. The van der Waals surface area contributed by atoms with Gasteiger partial charge in [0.2, 0.25) is 0 Å². The molecule has 0 bridgehead atoms. The van der Waals surface area contributed by atoms with Crippen molar-refractivity contribution in [3.63, 3.8) is 0 Å². The molecule has 1 saturated heterocycles. The quantitative estimate of drug-likeness (QED) is 0.466. The van der Waals surface area contributed by atoms with E-state index in [0.717, 1.165) is 6.42 Å². The lowest BCUT2D eigenvalue weighted by molar-refractivity contribution is -0.433. The van der Waals surface area contributed by atoms with Gasteiger partial charge in [-0.15, -0.1) is 4.33 Å². The van der Waals surface area contributed by atoms with Gasteiger partial charge in [-0.1, -0.05) is 11.5 Å². The lowest BCUT2D eigenvalue weighted by Gasteiger charge is -2.28. The molecule has 1 heterocycles. The van der Waals surface area contributed by atoms with Gasteiger partial charge in [0.25, 0.3) is 10.0 Å². The van der Waals surface area contributed by atoms with Crippen molar-refractivity contribution in [1.29, 1.82) is 0 Å². The molecule has 0 amide bonds. The van der Waals surface area contributed by atoms with Gasteiger partial charge in [-0.05, 0) is 12.8 Å². The Morgan fingerprint density at radius 1 is 1.25 bits per heavy atom. The first-order chi connectivity index (χ1) is 7.42. The highest BCUT2D eigenvalue weighted by atomic mass is 32.3. The van der Waals surface area contributed by atoms with Gasteiger partial charge < -0.3 is 0 Å². The van der Waals surface area contributed by atoms with Crippen molar-refractivity contribution < 1.29 is 31.8 Å². The third-order valence-electron chi connectivity index (χ3n) is 2.12. The number of hydrogen-bond acceptors (Lipinski definition) is 6. The molecule has 6 nitrogen and oxygen atoms in total. The summed E-state index contributed by atoms with van der Waals surface area (Å²) in [5.41, 5.74) is 0. The highest BCUT2D eigenvalue weighted by Gasteiger charge is 2.51. The minimum atomic E-state index is -4.79. The number of sulfonamides is 1. The molecule has 16 heavy (non-hydrogen) atoms. The summed E-state index contributed by atoms with van der Waals surface area (Å²) in [6, 6.07) is 0. The van der Waals surface area contributed by atoms with E-state index in [-0.39, 0.29) is 13.1 Å². The molecule has 0 radical (unpaired) electrons. The molecule has 1 fully saturated rings. The average molecular weight is 279 g/mol. The zero-order valence-electron chi connectivity index (χ0n) is 8.14. The Balaban J connectivity index is 2.74. The van der Waals surface area contributed by atoms with E-state index in [9.17, 15) is 17.2 Å². The molecule has 1 rings (SSSR count). The highest BCUT2D eigenvalue weighted by Crippen LogP contribution is 2.38. The maximum atomic E-state index is 13.2. The van der Waals surface area contributed by atoms with Crippen LogP contribution in [-0.4, -0.2) is 35.7 Å². The fraction of sp³-hybridized carbons (Fsp3) is 1.00. The fourth-order valence-electron chi connectivity index (χ4n) is 1.35. The predicted octanol–water partition coefficient (Wildman–Crippen LogP) is 1.42. The molecule has 0 aromatic heterocycles. The van der Waals surface area contributed by atoms with Crippen LogP contribution in [0.1, 0.15) is 19.3 Å². The first kappa shape index (κ1) is 14.1. The van der Waals surface area contributed by atoms with Crippen molar-refractivity contribution in [2.75, 3.05) is 13.1 Å². The molecule has 0 unspecified atom stereocenters. The summed E-state index contributed by atoms with van der Waals surface area (Å²) in [5, 5.41) is 10.7. The monoisotopic (exact) mass is 279 g/mol. The first-order valence-electron chi connectivity index (χ1n) is 4.45. The van der Waals surface area contributed by atoms with E-state index in [1.54, 1.807) is 0 Å². The fourth-order valence-corrected chi connectivity index (χ4v) is 3.25. The van der Waals surface area contributed by atoms with Gasteiger partial charge in [0.15, 0.2) is 0 Å². The summed E-state index contributed by atoms with van der Waals surface area (Å²) in [6.07, 6.45) is 1.93. The molecule has 1 aliphatic heterocycles. The zero-order chi connectivity index (χ0) is 12.2. The summed E-state index contributed by atoms with van der Waals surface area (Å²) in [4.78, 5) is 0. The van der Waals surface area contributed by atoms with Crippen molar-refractivity contribution in [1.82, 2.24) is 4.31 Å². The highest BCUT2D eigenvalue weighted by molar-refractivity contribution is 8.10. The first-order valence-corrected chi connectivity index (χ1v) is 6.63. The molecule has 10 heteroatoms. The van der Waals surface area contributed by atoms with E-state index in [0.29, 0.717) is 17.1 Å². The van der Waals surface area contributed by atoms with Crippen LogP contribution in [0.25, 0.3) is 0 Å². The van der Waals surface area contributed by atoms with Crippen LogP contribution in [-0.2, 0) is 19.4 Å². The van der Waals surface area contributed by atoms with Gasteiger partial charge in [-0.3, -0.25) is 0 Å². The second kappa shape index (κ2) is 5.56. The molecular formula is C6H11F2NO5S2. The van der Waals surface area contributed by atoms with E-state index < -0.39 is 26.7 Å². The van der Waals surface area contributed by atoms with Gasteiger partial charge in [0.1, 0.15) is 12.0 Å². The van der Waals surface area contributed by atoms with Gasteiger partial charge in [-0.25, -0.2) is 13.7 Å². The van der Waals surface area contributed by atoms with E-state index in [1.807, 2.05) is 0 Å². The third-order valence-corrected chi connectivity index (χ3v) is 4.92. The second-order valence-corrected chi connectivity index (χ2v) is 6.21. The third kappa shape index (κ3) is 3.02. The SMILES string of the molecule is O=S(=O)(N1CCCCC1)C(F)(F)SOOO. The number of piperidine rings is 1. The molecular weight excluding hydrogens is 268 g/mol. The smallest absolute Gasteiger partial charge is 0.220 e. The molecule has 96 valence electrons. The van der Waals surface area contributed by atoms with Crippen molar-refractivity contribution in [2.24, 2.45) is 0 Å². The van der Waals surface area contributed by atoms with E-state index >= 15 is 0 Å². The van der Waals surface area contributed by atoms with Crippen LogP contribution in [0.5, 0.6) is 0 Å². The largest absolute Gasteiger partial charge is 0.433 e. The van der Waals surface area contributed by atoms with Gasteiger partial charge in [0.05, 0.1) is 0 Å². The van der Waals surface area contributed by atoms with Crippen molar-refractivity contribution in [3.8, 4) is 0 Å². The van der Waals surface area contributed by atoms with Gasteiger partial charge >= 0.3 is 4.59 Å². The number of hydrogen-bond donors (Lipinski definition) is 1. The Bertz CT molecular complexity index is 317. The average Bonchev–Trinajstić information content (AvgIpc) is 2.27. The Morgan fingerprint density at radius 3 is 2.31 bits per heavy atom. The molecule has 0 spiro atoms. The van der Waals surface area contributed by atoms with Crippen LogP contribution in [0, 0.1) is 0 Å². The second-order valence-electron chi connectivity index (χ2n) is 3.15. The summed E-state index contributed by atoms with van der Waals surface area (Å²) in [6.45, 7) is 0.136. The van der Waals surface area contributed by atoms with Gasteiger partial charge in [-0.2, -0.15) is 13.1 Å². The van der Waals surface area contributed by atoms with Crippen molar-refractivity contribution in [2.45, 2.75) is 23.8 Å². The normalized spacial score (nSPS) is 19.9. The summed E-state index contributed by atoms with van der Waals surface area (Å²) < 4.78 is 49.3. The van der Waals surface area contributed by atoms with Crippen LogP contribution in [0.15, 0.2) is 0 Å². The zero-order valence-corrected chi connectivity index (χ0v) is 9.77. The van der Waals surface area contributed by atoms with E-state index in [4.69, 9.17) is 5.26 Å². The maximum absolute atomic E-state index is 13.2. The van der Waals surface area contributed by atoms with E-state index in [1.165, 1.54) is 0 Å². The van der Waals surface area contributed by atoms with Crippen molar-refractivity contribution in [3.05, 3.63) is 0 Å². The minimum Gasteiger partial charge on any atom is -0.220 e. The number of halogens is 2. The maximum Gasteiger partial charge on any atom is 0.433 e. The Labute approximate surface area is 95.6 Å². The van der Waals surface area contributed by atoms with Gasteiger partial charge in [0, 0.05) is 13.1 Å². The molecule has 0 aliphatic carbocycles. The lowest BCUT2D eigenvalue weighted by atomic mass is 10.2. The topological polar surface area (TPSA) is 76.1 Å². The van der Waals surface area contributed by atoms with Crippen LogP contribution in [0.4, 0.5) is 8.78 Å². The molecule has 1 N–H and O–H groups in total. The summed E-state index contributed by atoms with van der Waals surface area (Å²) in [7, 11) is -4.79. The number of rotatable bonds is 5.